The lowest BCUT2D eigenvalue weighted by atomic mass is 9.67. The SMILES string of the molecule is Oc1ccc(C2(c3ccccc3)c3ccccc3-c3ccc(-c4ccc5ccccc5c4)cc32)cc1. The highest BCUT2D eigenvalue weighted by Gasteiger charge is 2.46. The Labute approximate surface area is 210 Å². The zero-order valence-electron chi connectivity index (χ0n) is 19.7. The summed E-state index contributed by atoms with van der Waals surface area (Å²) in [4.78, 5) is 0. The van der Waals surface area contributed by atoms with E-state index < -0.39 is 5.41 Å². The molecule has 1 unspecified atom stereocenters. The molecule has 1 nitrogen and oxygen atoms in total. The highest BCUT2D eigenvalue weighted by Crippen LogP contribution is 2.56. The molecule has 0 saturated carbocycles. The van der Waals surface area contributed by atoms with Gasteiger partial charge in [-0.1, -0.05) is 115 Å². The van der Waals surface area contributed by atoms with E-state index in [4.69, 9.17) is 0 Å². The predicted molar refractivity (Wildman–Crippen MR) is 148 cm³/mol. The molecule has 1 heteroatoms. The third-order valence-electron chi connectivity index (χ3n) is 7.63. The molecule has 0 radical (unpaired) electrons. The molecule has 0 bridgehead atoms. The van der Waals surface area contributed by atoms with Crippen LogP contribution in [0.25, 0.3) is 33.0 Å². The number of aromatic hydroxyl groups is 1. The van der Waals surface area contributed by atoms with Crippen molar-refractivity contribution in [3.05, 3.63) is 162 Å². The summed E-state index contributed by atoms with van der Waals surface area (Å²) in [6.07, 6.45) is 0. The molecule has 1 aliphatic rings. The van der Waals surface area contributed by atoms with Crippen molar-refractivity contribution < 1.29 is 5.11 Å². The molecule has 6 aromatic rings. The Bertz CT molecular complexity index is 1730. The third kappa shape index (κ3) is 2.96. The van der Waals surface area contributed by atoms with Gasteiger partial charge in [-0.3, -0.25) is 0 Å². The summed E-state index contributed by atoms with van der Waals surface area (Å²) in [5.41, 5.74) is 9.35. The molecule has 0 aromatic heterocycles. The summed E-state index contributed by atoms with van der Waals surface area (Å²) < 4.78 is 0. The van der Waals surface area contributed by atoms with Crippen LogP contribution in [0, 0.1) is 0 Å². The van der Waals surface area contributed by atoms with Crippen LogP contribution in [-0.4, -0.2) is 5.11 Å². The van der Waals surface area contributed by atoms with Gasteiger partial charge in [-0.15, -0.1) is 0 Å². The van der Waals surface area contributed by atoms with Crippen LogP contribution in [0.3, 0.4) is 0 Å². The van der Waals surface area contributed by atoms with E-state index in [-0.39, 0.29) is 5.75 Å². The van der Waals surface area contributed by atoms with Crippen LogP contribution in [0.1, 0.15) is 22.3 Å². The first-order valence-corrected chi connectivity index (χ1v) is 12.3. The Kier molecular flexibility index (Phi) is 4.59. The monoisotopic (exact) mass is 460 g/mol. The highest BCUT2D eigenvalue weighted by atomic mass is 16.3. The molecule has 36 heavy (non-hydrogen) atoms. The van der Waals surface area contributed by atoms with E-state index in [1.54, 1.807) is 12.1 Å². The minimum Gasteiger partial charge on any atom is -0.508 e. The molecule has 0 spiro atoms. The molecule has 1 N–H and O–H groups in total. The van der Waals surface area contributed by atoms with E-state index >= 15 is 0 Å². The standard InChI is InChI=1S/C35H24O/c36-30-19-17-29(18-20-30)35(28-10-2-1-3-11-28)33-13-7-6-12-31(33)32-21-16-27(23-34(32)35)26-15-14-24-8-4-5-9-25(24)22-26/h1-23,36H. The van der Waals surface area contributed by atoms with Crippen molar-refractivity contribution in [3.63, 3.8) is 0 Å². The lowest BCUT2D eigenvalue weighted by molar-refractivity contribution is 0.475. The van der Waals surface area contributed by atoms with Crippen molar-refractivity contribution in [2.45, 2.75) is 5.41 Å². The number of phenols is 1. The Morgan fingerprint density at radius 2 is 1.03 bits per heavy atom. The largest absolute Gasteiger partial charge is 0.508 e. The van der Waals surface area contributed by atoms with Gasteiger partial charge < -0.3 is 5.11 Å². The van der Waals surface area contributed by atoms with E-state index in [0.29, 0.717) is 0 Å². The maximum atomic E-state index is 10.1. The van der Waals surface area contributed by atoms with Crippen molar-refractivity contribution in [2.75, 3.05) is 0 Å². The molecule has 0 fully saturated rings. The van der Waals surface area contributed by atoms with Crippen LogP contribution in [-0.2, 0) is 5.41 Å². The first-order valence-electron chi connectivity index (χ1n) is 12.3. The summed E-state index contributed by atoms with van der Waals surface area (Å²) in [5, 5.41) is 12.6. The van der Waals surface area contributed by atoms with E-state index in [9.17, 15) is 5.11 Å². The number of hydrogen-bond acceptors (Lipinski definition) is 1. The lowest BCUT2D eigenvalue weighted by Crippen LogP contribution is -2.28. The summed E-state index contributed by atoms with van der Waals surface area (Å²) >= 11 is 0. The van der Waals surface area contributed by atoms with Crippen LogP contribution in [0.15, 0.2) is 140 Å². The van der Waals surface area contributed by atoms with Gasteiger partial charge in [0.2, 0.25) is 0 Å². The van der Waals surface area contributed by atoms with Gasteiger partial charge in [0.25, 0.3) is 0 Å². The maximum absolute atomic E-state index is 10.1. The van der Waals surface area contributed by atoms with Crippen LogP contribution in [0.2, 0.25) is 0 Å². The number of rotatable bonds is 3. The average molecular weight is 461 g/mol. The second-order valence-corrected chi connectivity index (χ2v) is 9.53. The normalized spacial score (nSPS) is 16.0. The van der Waals surface area contributed by atoms with Gasteiger partial charge in [0.05, 0.1) is 5.41 Å². The maximum Gasteiger partial charge on any atom is 0.115 e. The second kappa shape index (κ2) is 7.96. The first kappa shape index (κ1) is 20.7. The number of benzene rings is 6. The Balaban J connectivity index is 1.55. The quantitative estimate of drug-likeness (QED) is 0.280. The Morgan fingerprint density at radius 3 is 1.86 bits per heavy atom. The number of hydrogen-bond donors (Lipinski definition) is 1. The summed E-state index contributed by atoms with van der Waals surface area (Å²) in [5.74, 6) is 0.276. The van der Waals surface area contributed by atoms with Crippen molar-refractivity contribution in [2.24, 2.45) is 0 Å². The lowest BCUT2D eigenvalue weighted by Gasteiger charge is -2.34. The van der Waals surface area contributed by atoms with Gasteiger partial charge in [0, 0.05) is 0 Å². The molecule has 1 aliphatic carbocycles. The molecule has 0 amide bonds. The van der Waals surface area contributed by atoms with Gasteiger partial charge in [-0.05, 0) is 79.5 Å². The van der Waals surface area contributed by atoms with Gasteiger partial charge in [-0.25, -0.2) is 0 Å². The first-order chi connectivity index (χ1) is 17.7. The van der Waals surface area contributed by atoms with Crippen molar-refractivity contribution in [1.29, 1.82) is 0 Å². The van der Waals surface area contributed by atoms with E-state index in [0.717, 1.165) is 5.56 Å². The Morgan fingerprint density at radius 1 is 0.417 bits per heavy atom. The van der Waals surface area contributed by atoms with Crippen LogP contribution in [0.5, 0.6) is 5.75 Å². The molecule has 170 valence electrons. The van der Waals surface area contributed by atoms with Crippen LogP contribution < -0.4 is 0 Å². The van der Waals surface area contributed by atoms with Crippen molar-refractivity contribution in [1.82, 2.24) is 0 Å². The molecule has 1 atom stereocenters. The summed E-state index contributed by atoms with van der Waals surface area (Å²) in [7, 11) is 0. The fourth-order valence-electron chi connectivity index (χ4n) is 6.02. The van der Waals surface area contributed by atoms with Crippen molar-refractivity contribution >= 4 is 10.8 Å². The van der Waals surface area contributed by atoms with Gasteiger partial charge in [-0.2, -0.15) is 0 Å². The van der Waals surface area contributed by atoms with Gasteiger partial charge in [0.15, 0.2) is 0 Å². The van der Waals surface area contributed by atoms with Gasteiger partial charge >= 0.3 is 0 Å². The molecule has 6 aromatic carbocycles. The van der Waals surface area contributed by atoms with E-state index in [2.05, 4.69) is 127 Å². The second-order valence-electron chi connectivity index (χ2n) is 9.53. The topological polar surface area (TPSA) is 20.2 Å². The van der Waals surface area contributed by atoms with E-state index in [1.165, 1.54) is 49.7 Å². The zero-order chi connectivity index (χ0) is 24.1. The smallest absolute Gasteiger partial charge is 0.115 e. The summed E-state index contributed by atoms with van der Waals surface area (Å²) in [6.45, 7) is 0. The zero-order valence-corrected chi connectivity index (χ0v) is 19.7. The minimum atomic E-state index is -0.478. The van der Waals surface area contributed by atoms with Crippen LogP contribution in [0.4, 0.5) is 0 Å². The molecule has 7 rings (SSSR count). The molecule has 0 heterocycles. The molecular formula is C35H24O. The number of fused-ring (bicyclic) bond motifs is 4. The fourth-order valence-corrected chi connectivity index (χ4v) is 6.02. The molecule has 0 aliphatic heterocycles. The van der Waals surface area contributed by atoms with Crippen molar-refractivity contribution in [3.8, 4) is 28.0 Å². The predicted octanol–water partition coefficient (Wildman–Crippen LogP) is 8.58. The number of phenolic OH excluding ortho intramolecular Hbond substituents is 1. The molecule has 0 saturated heterocycles. The molecular weight excluding hydrogens is 436 g/mol. The fraction of sp³-hybridized carbons (Fsp3) is 0.0286. The summed E-state index contributed by atoms with van der Waals surface area (Å²) in [6, 6.07) is 49.3. The highest BCUT2D eigenvalue weighted by molar-refractivity contribution is 5.91. The third-order valence-corrected chi connectivity index (χ3v) is 7.63. The van der Waals surface area contributed by atoms with Gasteiger partial charge in [0.1, 0.15) is 5.75 Å². The van der Waals surface area contributed by atoms with Crippen LogP contribution >= 0.6 is 0 Å². The minimum absolute atomic E-state index is 0.276. The average Bonchev–Trinajstić information content (AvgIpc) is 3.24. The Hall–Kier alpha value is -4.62. The van der Waals surface area contributed by atoms with E-state index in [1.807, 2.05) is 0 Å².